The van der Waals surface area contributed by atoms with Gasteiger partial charge in [0, 0.05) is 6.54 Å². The van der Waals surface area contributed by atoms with Crippen LogP contribution in [0.25, 0.3) is 0 Å². The van der Waals surface area contributed by atoms with Gasteiger partial charge < -0.3 is 20.1 Å². The van der Waals surface area contributed by atoms with Crippen LogP contribution in [0.5, 0.6) is 11.5 Å². The molecule has 1 saturated carbocycles. The SMILES string of the molecule is COc1ccc(CCNC(=O)CN2C(=O)NC3(CCC(C(C)(C)C)CC3)C2=O)cc1OC(F)F. The monoisotopic (exact) mass is 481 g/mol. The predicted octanol–water partition coefficient (Wildman–Crippen LogP) is 3.48. The molecule has 0 unspecified atom stereocenters. The van der Waals surface area contributed by atoms with E-state index in [1.807, 2.05) is 0 Å². The maximum Gasteiger partial charge on any atom is 0.387 e. The summed E-state index contributed by atoms with van der Waals surface area (Å²) in [4.78, 5) is 38.9. The largest absolute Gasteiger partial charge is 0.493 e. The van der Waals surface area contributed by atoms with Gasteiger partial charge in [-0.2, -0.15) is 8.78 Å². The number of alkyl halides is 2. The van der Waals surface area contributed by atoms with Crippen molar-refractivity contribution in [1.29, 1.82) is 0 Å². The van der Waals surface area contributed by atoms with Crippen LogP contribution >= 0.6 is 0 Å². The number of carbonyl (C=O) groups excluding carboxylic acids is 3. The molecule has 3 rings (SSSR count). The Morgan fingerprint density at radius 2 is 1.91 bits per heavy atom. The number of methoxy groups -OCH3 is 1. The summed E-state index contributed by atoms with van der Waals surface area (Å²) in [6.45, 7) is 3.39. The van der Waals surface area contributed by atoms with E-state index in [0.29, 0.717) is 30.7 Å². The van der Waals surface area contributed by atoms with Crippen LogP contribution in [0.3, 0.4) is 0 Å². The fraction of sp³-hybridized carbons (Fsp3) is 0.625. The van der Waals surface area contributed by atoms with Gasteiger partial charge in [-0.3, -0.25) is 14.5 Å². The van der Waals surface area contributed by atoms with Gasteiger partial charge >= 0.3 is 12.6 Å². The van der Waals surface area contributed by atoms with Crippen LogP contribution in [-0.4, -0.2) is 55.1 Å². The quantitative estimate of drug-likeness (QED) is 0.554. The normalized spacial score (nSPS) is 22.8. The maximum atomic E-state index is 13.0. The molecular formula is C24H33F2N3O5. The summed E-state index contributed by atoms with van der Waals surface area (Å²) in [5.41, 5.74) is -0.117. The average molecular weight is 482 g/mol. The van der Waals surface area contributed by atoms with Gasteiger partial charge in [-0.25, -0.2) is 4.79 Å². The Morgan fingerprint density at radius 1 is 1.24 bits per heavy atom. The summed E-state index contributed by atoms with van der Waals surface area (Å²) >= 11 is 0. The number of hydrogen-bond acceptors (Lipinski definition) is 5. The third kappa shape index (κ3) is 5.77. The summed E-state index contributed by atoms with van der Waals surface area (Å²) in [6.07, 6.45) is 3.16. The second-order valence-corrected chi connectivity index (χ2v) is 10.0. The molecule has 2 N–H and O–H groups in total. The van der Waals surface area contributed by atoms with E-state index in [4.69, 9.17) is 4.74 Å². The van der Waals surface area contributed by atoms with Gasteiger partial charge in [0.25, 0.3) is 5.91 Å². The molecule has 10 heteroatoms. The molecule has 0 bridgehead atoms. The minimum Gasteiger partial charge on any atom is -0.493 e. The van der Waals surface area contributed by atoms with Gasteiger partial charge in [-0.15, -0.1) is 0 Å². The minimum absolute atomic E-state index is 0.0906. The van der Waals surface area contributed by atoms with Crippen molar-refractivity contribution in [3.8, 4) is 11.5 Å². The molecule has 1 spiro atoms. The number of nitrogens with one attached hydrogen (secondary N) is 2. The highest BCUT2D eigenvalue weighted by molar-refractivity contribution is 6.09. The van der Waals surface area contributed by atoms with E-state index in [1.165, 1.54) is 19.2 Å². The number of carbonyl (C=O) groups is 3. The van der Waals surface area contributed by atoms with Crippen LogP contribution in [-0.2, 0) is 16.0 Å². The fourth-order valence-corrected chi connectivity index (χ4v) is 4.75. The lowest BCUT2D eigenvalue weighted by molar-refractivity contribution is -0.136. The molecular weight excluding hydrogens is 448 g/mol. The second-order valence-electron chi connectivity index (χ2n) is 10.0. The fourth-order valence-electron chi connectivity index (χ4n) is 4.75. The van der Waals surface area contributed by atoms with Crippen molar-refractivity contribution in [3.63, 3.8) is 0 Å². The summed E-state index contributed by atoms with van der Waals surface area (Å²) in [7, 11) is 1.35. The number of benzene rings is 1. The first-order chi connectivity index (χ1) is 15.9. The molecule has 0 aromatic heterocycles. The molecule has 8 nitrogen and oxygen atoms in total. The second kappa shape index (κ2) is 10.1. The highest BCUT2D eigenvalue weighted by Crippen LogP contribution is 2.43. The van der Waals surface area contributed by atoms with Crippen LogP contribution in [0.15, 0.2) is 18.2 Å². The molecule has 4 amide bonds. The van der Waals surface area contributed by atoms with Crippen molar-refractivity contribution in [2.75, 3.05) is 20.2 Å². The molecule has 188 valence electrons. The van der Waals surface area contributed by atoms with Crippen molar-refractivity contribution >= 4 is 17.8 Å². The molecule has 1 aliphatic heterocycles. The van der Waals surface area contributed by atoms with E-state index in [1.54, 1.807) is 6.07 Å². The van der Waals surface area contributed by atoms with Crippen LogP contribution in [0.1, 0.15) is 52.0 Å². The zero-order valence-electron chi connectivity index (χ0n) is 20.1. The topological polar surface area (TPSA) is 97.0 Å². The first-order valence-corrected chi connectivity index (χ1v) is 11.5. The Morgan fingerprint density at radius 3 is 2.50 bits per heavy atom. The lowest BCUT2D eigenvalue weighted by Gasteiger charge is -2.40. The molecule has 0 atom stereocenters. The first-order valence-electron chi connectivity index (χ1n) is 11.5. The molecule has 2 aliphatic rings. The Labute approximate surface area is 198 Å². The number of halogens is 2. The van der Waals surface area contributed by atoms with E-state index in [2.05, 4.69) is 36.1 Å². The molecule has 2 fully saturated rings. The Hall–Kier alpha value is -2.91. The van der Waals surface area contributed by atoms with Crippen molar-refractivity contribution in [1.82, 2.24) is 15.5 Å². The molecule has 34 heavy (non-hydrogen) atoms. The molecule has 1 aromatic rings. The number of imide groups is 1. The van der Waals surface area contributed by atoms with E-state index in [-0.39, 0.29) is 35.9 Å². The molecule has 1 aliphatic carbocycles. The minimum atomic E-state index is -2.99. The smallest absolute Gasteiger partial charge is 0.387 e. The van der Waals surface area contributed by atoms with Gasteiger partial charge in [0.1, 0.15) is 12.1 Å². The van der Waals surface area contributed by atoms with Crippen LogP contribution in [0.4, 0.5) is 13.6 Å². The summed E-state index contributed by atoms with van der Waals surface area (Å²) in [5, 5.41) is 5.50. The predicted molar refractivity (Wildman–Crippen MR) is 121 cm³/mol. The van der Waals surface area contributed by atoms with Gasteiger partial charge in [0.05, 0.1) is 7.11 Å². The highest BCUT2D eigenvalue weighted by atomic mass is 19.3. The summed E-state index contributed by atoms with van der Waals surface area (Å²) < 4.78 is 34.6. The third-order valence-electron chi connectivity index (χ3n) is 6.79. The average Bonchev–Trinajstić information content (AvgIpc) is 2.97. The van der Waals surface area contributed by atoms with Crippen LogP contribution < -0.4 is 20.1 Å². The number of amides is 4. The molecule has 1 heterocycles. The third-order valence-corrected chi connectivity index (χ3v) is 6.79. The Kier molecular flexibility index (Phi) is 7.67. The van der Waals surface area contributed by atoms with Gasteiger partial charge in [-0.1, -0.05) is 26.8 Å². The number of rotatable bonds is 8. The van der Waals surface area contributed by atoms with E-state index >= 15 is 0 Å². The summed E-state index contributed by atoms with van der Waals surface area (Å²) in [5.74, 6) is -0.251. The lowest BCUT2D eigenvalue weighted by atomic mass is 9.67. The van der Waals surface area contributed by atoms with Gasteiger partial charge in [0.15, 0.2) is 11.5 Å². The Balaban J connectivity index is 1.52. The van der Waals surface area contributed by atoms with Gasteiger partial charge in [0.2, 0.25) is 5.91 Å². The summed E-state index contributed by atoms with van der Waals surface area (Å²) in [6, 6.07) is 4.07. The van der Waals surface area contributed by atoms with Crippen molar-refractivity contribution < 1.29 is 32.6 Å². The van der Waals surface area contributed by atoms with Crippen molar-refractivity contribution in [2.45, 2.75) is 65.0 Å². The zero-order chi connectivity index (χ0) is 25.1. The van der Waals surface area contributed by atoms with Crippen LogP contribution in [0, 0.1) is 11.3 Å². The zero-order valence-corrected chi connectivity index (χ0v) is 20.1. The Bertz CT molecular complexity index is 924. The standard InChI is InChI=1S/C24H33F2N3O5/c1-23(2,3)16-7-10-24(11-8-16)20(31)29(22(32)28-24)14-19(30)27-12-9-15-5-6-17(33-4)18(13-15)34-21(25)26/h5-6,13,16,21H,7-12,14H2,1-4H3,(H,27,30)(H,28,32). The van der Waals surface area contributed by atoms with E-state index < -0.39 is 24.1 Å². The van der Waals surface area contributed by atoms with Crippen molar-refractivity contribution in [2.24, 2.45) is 11.3 Å². The molecule has 0 radical (unpaired) electrons. The maximum absolute atomic E-state index is 13.0. The van der Waals surface area contributed by atoms with E-state index in [0.717, 1.165) is 17.7 Å². The molecule has 1 aromatic carbocycles. The highest BCUT2D eigenvalue weighted by Gasteiger charge is 2.53. The van der Waals surface area contributed by atoms with E-state index in [9.17, 15) is 23.2 Å². The molecule has 1 saturated heterocycles. The number of ether oxygens (including phenoxy) is 2. The number of nitrogens with zero attached hydrogens (tertiary/aromatic N) is 1. The number of urea groups is 1. The lowest BCUT2D eigenvalue weighted by Crippen LogP contribution is -2.51. The van der Waals surface area contributed by atoms with Crippen molar-refractivity contribution in [3.05, 3.63) is 23.8 Å². The number of hydrogen-bond donors (Lipinski definition) is 2. The van der Waals surface area contributed by atoms with Gasteiger partial charge in [-0.05, 0) is 61.1 Å². The van der Waals surface area contributed by atoms with Crippen LogP contribution in [0.2, 0.25) is 0 Å². The first kappa shape index (κ1) is 25.7.